The number of benzene rings is 2. The van der Waals surface area contributed by atoms with Crippen molar-refractivity contribution < 1.29 is 19.0 Å². The van der Waals surface area contributed by atoms with Gasteiger partial charge in [0.1, 0.15) is 19.0 Å². The summed E-state index contributed by atoms with van der Waals surface area (Å²) in [6, 6.07) is 15.2. The van der Waals surface area contributed by atoms with Crippen LogP contribution in [-0.4, -0.2) is 56.3 Å². The van der Waals surface area contributed by atoms with Crippen molar-refractivity contribution in [2.24, 2.45) is 0 Å². The van der Waals surface area contributed by atoms with Crippen LogP contribution in [0.4, 0.5) is 0 Å². The third-order valence-corrected chi connectivity index (χ3v) is 4.61. The predicted octanol–water partition coefficient (Wildman–Crippen LogP) is 2.98. The molecule has 0 bridgehead atoms. The smallest absolute Gasteiger partial charge is 0.254 e. The van der Waals surface area contributed by atoms with E-state index in [4.69, 9.17) is 14.2 Å². The molecule has 2 aromatic carbocycles. The summed E-state index contributed by atoms with van der Waals surface area (Å²) in [5, 5.41) is 3.30. The lowest BCUT2D eigenvalue weighted by Gasteiger charge is -2.34. The molecular formula is C22H28N2O4. The topological polar surface area (TPSA) is 60.0 Å². The molecular weight excluding hydrogens is 356 g/mol. The zero-order valence-corrected chi connectivity index (χ0v) is 16.5. The number of hydrogen-bond donors (Lipinski definition) is 1. The van der Waals surface area contributed by atoms with E-state index in [1.165, 1.54) is 0 Å². The molecule has 1 N–H and O–H groups in total. The van der Waals surface area contributed by atoms with Crippen LogP contribution in [0, 0.1) is 0 Å². The quantitative estimate of drug-likeness (QED) is 0.709. The fourth-order valence-corrected chi connectivity index (χ4v) is 3.17. The van der Waals surface area contributed by atoms with Crippen LogP contribution in [0.3, 0.4) is 0 Å². The number of para-hydroxylation sites is 1. The first kappa shape index (κ1) is 20.0. The Balaban J connectivity index is 1.62. The zero-order chi connectivity index (χ0) is 19.8. The molecule has 1 aliphatic heterocycles. The first-order valence-corrected chi connectivity index (χ1v) is 9.78. The summed E-state index contributed by atoms with van der Waals surface area (Å²) < 4.78 is 17.2. The Bertz CT molecular complexity index is 766. The van der Waals surface area contributed by atoms with Gasteiger partial charge in [-0.2, -0.15) is 0 Å². The van der Waals surface area contributed by atoms with Gasteiger partial charge in [0.05, 0.1) is 6.61 Å². The predicted molar refractivity (Wildman–Crippen MR) is 108 cm³/mol. The van der Waals surface area contributed by atoms with Gasteiger partial charge in [0.2, 0.25) is 0 Å². The normalized spacial score (nSPS) is 16.5. The van der Waals surface area contributed by atoms with Crippen LogP contribution in [0.5, 0.6) is 17.2 Å². The Morgan fingerprint density at radius 3 is 2.61 bits per heavy atom. The van der Waals surface area contributed by atoms with Crippen molar-refractivity contribution in [2.45, 2.75) is 19.9 Å². The van der Waals surface area contributed by atoms with E-state index in [9.17, 15) is 4.79 Å². The van der Waals surface area contributed by atoms with Crippen molar-refractivity contribution >= 4 is 5.91 Å². The zero-order valence-electron chi connectivity index (χ0n) is 16.5. The Labute approximate surface area is 166 Å². The molecule has 1 fully saturated rings. The van der Waals surface area contributed by atoms with E-state index >= 15 is 0 Å². The highest BCUT2D eigenvalue weighted by molar-refractivity contribution is 5.95. The number of piperazine rings is 1. The third-order valence-electron chi connectivity index (χ3n) is 4.61. The first-order valence-electron chi connectivity index (χ1n) is 9.78. The molecule has 2 aromatic rings. The van der Waals surface area contributed by atoms with Gasteiger partial charge in [-0.05, 0) is 44.2 Å². The molecule has 0 aliphatic carbocycles. The molecule has 3 rings (SSSR count). The van der Waals surface area contributed by atoms with Crippen LogP contribution < -0.4 is 19.5 Å². The summed E-state index contributed by atoms with van der Waals surface area (Å²) in [7, 11) is 0. The van der Waals surface area contributed by atoms with E-state index in [2.05, 4.69) is 12.2 Å². The molecule has 28 heavy (non-hydrogen) atoms. The highest BCUT2D eigenvalue weighted by Gasteiger charge is 2.24. The highest BCUT2D eigenvalue weighted by Crippen LogP contribution is 2.29. The number of nitrogens with one attached hydrogen (secondary N) is 1. The highest BCUT2D eigenvalue weighted by atomic mass is 16.5. The number of carbonyl (C=O) groups is 1. The Kier molecular flexibility index (Phi) is 7.14. The molecule has 1 atom stereocenters. The van der Waals surface area contributed by atoms with Crippen molar-refractivity contribution in [3.8, 4) is 17.2 Å². The van der Waals surface area contributed by atoms with Crippen LogP contribution in [0.15, 0.2) is 48.5 Å². The third kappa shape index (κ3) is 5.16. The monoisotopic (exact) mass is 384 g/mol. The SMILES string of the molecule is CCOc1cc(C(=O)N2CCNCC2C)ccc1OCCOc1ccccc1. The largest absolute Gasteiger partial charge is 0.490 e. The number of hydrogen-bond acceptors (Lipinski definition) is 5. The van der Waals surface area contributed by atoms with E-state index in [1.807, 2.05) is 42.2 Å². The van der Waals surface area contributed by atoms with Crippen LogP contribution in [0.2, 0.25) is 0 Å². The second kappa shape index (κ2) is 9.99. The molecule has 6 nitrogen and oxygen atoms in total. The summed E-state index contributed by atoms with van der Waals surface area (Å²) >= 11 is 0. The summed E-state index contributed by atoms with van der Waals surface area (Å²) in [5.41, 5.74) is 0.616. The van der Waals surface area contributed by atoms with E-state index in [1.54, 1.807) is 18.2 Å². The van der Waals surface area contributed by atoms with Gasteiger partial charge < -0.3 is 24.4 Å². The standard InChI is InChI=1S/C22H28N2O4/c1-3-26-21-15-18(22(25)24-12-11-23-16-17(24)2)9-10-20(21)28-14-13-27-19-7-5-4-6-8-19/h4-10,15,17,23H,3,11-14,16H2,1-2H3. The summed E-state index contributed by atoms with van der Waals surface area (Å²) in [6.07, 6.45) is 0. The van der Waals surface area contributed by atoms with Gasteiger partial charge in [-0.15, -0.1) is 0 Å². The average molecular weight is 384 g/mol. The average Bonchev–Trinajstić information content (AvgIpc) is 2.73. The number of amides is 1. The van der Waals surface area contributed by atoms with Crippen molar-refractivity contribution in [1.29, 1.82) is 0 Å². The van der Waals surface area contributed by atoms with Gasteiger partial charge in [0, 0.05) is 31.2 Å². The van der Waals surface area contributed by atoms with Crippen molar-refractivity contribution in [1.82, 2.24) is 10.2 Å². The van der Waals surface area contributed by atoms with E-state index < -0.39 is 0 Å². The number of ether oxygens (including phenoxy) is 3. The van der Waals surface area contributed by atoms with Crippen LogP contribution in [0.1, 0.15) is 24.2 Å². The summed E-state index contributed by atoms with van der Waals surface area (Å²) in [5.74, 6) is 2.02. The molecule has 0 spiro atoms. The number of nitrogens with zero attached hydrogens (tertiary/aromatic N) is 1. The minimum absolute atomic E-state index is 0.0221. The lowest BCUT2D eigenvalue weighted by Crippen LogP contribution is -2.52. The van der Waals surface area contributed by atoms with Gasteiger partial charge in [0.25, 0.3) is 5.91 Å². The van der Waals surface area contributed by atoms with Gasteiger partial charge in [-0.25, -0.2) is 0 Å². The first-order chi connectivity index (χ1) is 13.7. The number of rotatable bonds is 8. The second-order valence-electron chi connectivity index (χ2n) is 6.66. The maximum Gasteiger partial charge on any atom is 0.254 e. The van der Waals surface area contributed by atoms with Gasteiger partial charge in [0.15, 0.2) is 11.5 Å². The molecule has 1 aliphatic rings. The van der Waals surface area contributed by atoms with E-state index in [0.29, 0.717) is 43.4 Å². The lowest BCUT2D eigenvalue weighted by atomic mass is 10.1. The van der Waals surface area contributed by atoms with Gasteiger partial charge >= 0.3 is 0 Å². The van der Waals surface area contributed by atoms with E-state index in [-0.39, 0.29) is 11.9 Å². The summed E-state index contributed by atoms with van der Waals surface area (Å²) in [4.78, 5) is 14.8. The Hall–Kier alpha value is -2.73. The van der Waals surface area contributed by atoms with Crippen LogP contribution >= 0.6 is 0 Å². The lowest BCUT2D eigenvalue weighted by molar-refractivity contribution is 0.0655. The van der Waals surface area contributed by atoms with Gasteiger partial charge in [-0.3, -0.25) is 4.79 Å². The molecule has 6 heteroatoms. The molecule has 150 valence electrons. The Morgan fingerprint density at radius 1 is 1.07 bits per heavy atom. The second-order valence-corrected chi connectivity index (χ2v) is 6.66. The van der Waals surface area contributed by atoms with Crippen molar-refractivity contribution in [3.63, 3.8) is 0 Å². The molecule has 1 amide bonds. The van der Waals surface area contributed by atoms with Gasteiger partial charge in [-0.1, -0.05) is 18.2 Å². The minimum Gasteiger partial charge on any atom is -0.490 e. The molecule has 1 heterocycles. The molecule has 1 saturated heterocycles. The van der Waals surface area contributed by atoms with Crippen molar-refractivity contribution in [3.05, 3.63) is 54.1 Å². The fourth-order valence-electron chi connectivity index (χ4n) is 3.17. The maximum atomic E-state index is 12.9. The molecule has 0 saturated carbocycles. The summed E-state index contributed by atoms with van der Waals surface area (Å²) in [6.45, 7) is 7.61. The molecule has 1 unspecified atom stereocenters. The minimum atomic E-state index is 0.0221. The van der Waals surface area contributed by atoms with Crippen LogP contribution in [0.25, 0.3) is 0 Å². The van der Waals surface area contributed by atoms with Crippen molar-refractivity contribution in [2.75, 3.05) is 39.5 Å². The fraction of sp³-hybridized carbons (Fsp3) is 0.409. The van der Waals surface area contributed by atoms with Crippen LogP contribution in [-0.2, 0) is 0 Å². The molecule has 0 aromatic heterocycles. The van der Waals surface area contributed by atoms with E-state index in [0.717, 1.165) is 18.8 Å². The maximum absolute atomic E-state index is 12.9. The number of carbonyl (C=O) groups excluding carboxylic acids is 1. The Morgan fingerprint density at radius 2 is 1.86 bits per heavy atom. The molecule has 0 radical (unpaired) electrons.